The van der Waals surface area contributed by atoms with Crippen LogP contribution in [0.1, 0.15) is 81.8 Å². The lowest BCUT2D eigenvalue weighted by Crippen LogP contribution is -2.65. The van der Waals surface area contributed by atoms with Crippen LogP contribution in [0.2, 0.25) is 0 Å². The van der Waals surface area contributed by atoms with Crippen molar-refractivity contribution in [2.45, 2.75) is 90.4 Å². The fraction of sp³-hybridized carbons (Fsp3) is 0.818. The first kappa shape index (κ1) is 31.9. The molecule has 0 bridgehead atoms. The van der Waals surface area contributed by atoms with Gasteiger partial charge in [-0.25, -0.2) is 0 Å². The van der Waals surface area contributed by atoms with Gasteiger partial charge in [0, 0.05) is 57.3 Å². The first-order valence-corrected chi connectivity index (χ1v) is 17.6. The van der Waals surface area contributed by atoms with E-state index >= 15 is 0 Å². The average Bonchev–Trinajstić information content (AvgIpc) is 3.38. The second-order valence-corrected chi connectivity index (χ2v) is 15.6. The minimum atomic E-state index is -0.461. The van der Waals surface area contributed by atoms with E-state index in [-0.39, 0.29) is 47.3 Å². The molecule has 44 heavy (non-hydrogen) atoms. The Bertz CT molecular complexity index is 1160. The Morgan fingerprint density at radius 3 is 2.43 bits per heavy atom. The van der Waals surface area contributed by atoms with Crippen LogP contribution in [0.15, 0.2) is 11.7 Å². The van der Waals surface area contributed by atoms with Gasteiger partial charge < -0.3 is 29.3 Å². The molecule has 1 spiro atoms. The molecule has 2 saturated carbocycles. The highest BCUT2D eigenvalue weighted by atomic mass is 32.1. The Morgan fingerprint density at radius 2 is 1.77 bits per heavy atom. The number of aromatic nitrogens is 1. The number of thiazole rings is 1. The summed E-state index contributed by atoms with van der Waals surface area (Å²) in [6, 6.07) is -0.317. The third kappa shape index (κ3) is 7.00. The normalized spacial score (nSPS) is 28.0. The van der Waals surface area contributed by atoms with E-state index in [1.54, 1.807) is 16.6 Å². The van der Waals surface area contributed by atoms with Gasteiger partial charge in [-0.05, 0) is 50.4 Å². The maximum atomic E-state index is 14.2. The summed E-state index contributed by atoms with van der Waals surface area (Å²) in [4.78, 5) is 49.2. The molecule has 0 aromatic carbocycles. The maximum Gasteiger partial charge on any atom is 0.265 e. The lowest BCUT2D eigenvalue weighted by Gasteiger charge is -2.50. The monoisotopic (exact) mass is 630 g/mol. The molecule has 2 aliphatic carbocycles. The van der Waals surface area contributed by atoms with E-state index in [1.165, 1.54) is 43.4 Å². The summed E-state index contributed by atoms with van der Waals surface area (Å²) in [5.74, 6) is 0.193. The van der Waals surface area contributed by atoms with Gasteiger partial charge in [0.1, 0.15) is 4.88 Å². The zero-order valence-electron chi connectivity index (χ0n) is 26.6. The molecule has 10 nitrogen and oxygen atoms in total. The quantitative estimate of drug-likeness (QED) is 0.397. The van der Waals surface area contributed by atoms with E-state index < -0.39 is 11.3 Å². The van der Waals surface area contributed by atoms with Crippen LogP contribution in [0.25, 0.3) is 0 Å². The molecule has 244 valence electrons. The topological polar surface area (TPSA) is 110 Å². The SMILES string of the molecule is C[C@@H](OCC1CCCCC1)[C@@H](COC1CCOCC1)NC(=O)[C@@H]1CN(C(=O)c2cncs2)CC12CN(C(=O)[C@H]1CC1(C)C)C2. The number of nitrogens with one attached hydrogen (secondary N) is 1. The van der Waals surface area contributed by atoms with Gasteiger partial charge in [-0.15, -0.1) is 11.3 Å². The van der Waals surface area contributed by atoms with Crippen LogP contribution in [0.3, 0.4) is 0 Å². The Balaban J connectivity index is 1.14. The zero-order valence-corrected chi connectivity index (χ0v) is 27.4. The number of hydrogen-bond acceptors (Lipinski definition) is 8. The van der Waals surface area contributed by atoms with Crippen LogP contribution in [0.4, 0.5) is 0 Å². The Morgan fingerprint density at radius 1 is 1.07 bits per heavy atom. The third-order valence-corrected chi connectivity index (χ3v) is 11.7. The van der Waals surface area contributed by atoms with E-state index in [0.29, 0.717) is 63.4 Å². The summed E-state index contributed by atoms with van der Waals surface area (Å²) in [7, 11) is 0. The zero-order chi connectivity index (χ0) is 30.9. The highest BCUT2D eigenvalue weighted by molar-refractivity contribution is 7.11. The maximum absolute atomic E-state index is 14.2. The van der Waals surface area contributed by atoms with Crippen molar-refractivity contribution >= 4 is 29.1 Å². The predicted octanol–water partition coefficient (Wildman–Crippen LogP) is 3.76. The summed E-state index contributed by atoms with van der Waals surface area (Å²) in [6.07, 6.45) is 10.3. The lowest BCUT2D eigenvalue weighted by atomic mass is 9.70. The molecule has 4 atom stereocenters. The standard InChI is InChI=1S/C33H50N4O6S/c1-22(42-16-23-7-5-4-6-8-23)27(17-43-24-9-11-41-12-10-24)35-29(38)26-15-36(31(40)28-14-34-21-44-28)18-33(26)19-37(20-33)30(39)25-13-32(25,2)3/h14,21-27H,4-13,15-20H2,1-3H3,(H,35,38)/t22-,25-,26+,27-/m1/s1. The average molecular weight is 631 g/mol. The third-order valence-electron chi connectivity index (χ3n) is 10.9. The van der Waals surface area contributed by atoms with Crippen molar-refractivity contribution in [3.8, 4) is 0 Å². The molecule has 1 aromatic heterocycles. The van der Waals surface area contributed by atoms with Gasteiger partial charge in [-0.3, -0.25) is 19.4 Å². The second kappa shape index (κ2) is 13.3. The van der Waals surface area contributed by atoms with E-state index in [4.69, 9.17) is 14.2 Å². The largest absolute Gasteiger partial charge is 0.381 e. The number of hydrogen-bond donors (Lipinski definition) is 1. The molecule has 1 aromatic rings. The Hall–Kier alpha value is -2.08. The fourth-order valence-electron chi connectivity index (χ4n) is 7.68. The van der Waals surface area contributed by atoms with Gasteiger partial charge in [0.2, 0.25) is 11.8 Å². The molecule has 5 aliphatic rings. The molecule has 0 radical (unpaired) electrons. The van der Waals surface area contributed by atoms with Crippen molar-refractivity contribution in [2.24, 2.45) is 28.6 Å². The lowest BCUT2D eigenvalue weighted by molar-refractivity contribution is -0.152. The van der Waals surface area contributed by atoms with Crippen LogP contribution >= 0.6 is 11.3 Å². The molecule has 5 fully saturated rings. The van der Waals surface area contributed by atoms with E-state index in [0.717, 1.165) is 19.3 Å². The Kier molecular flexibility index (Phi) is 9.67. The van der Waals surface area contributed by atoms with Gasteiger partial charge in [0.25, 0.3) is 5.91 Å². The number of carbonyl (C=O) groups excluding carboxylic acids is 3. The van der Waals surface area contributed by atoms with Crippen LogP contribution < -0.4 is 5.32 Å². The van der Waals surface area contributed by atoms with Crippen molar-refractivity contribution in [2.75, 3.05) is 52.6 Å². The number of likely N-dealkylation sites (tertiary alicyclic amines) is 2. The van der Waals surface area contributed by atoms with Crippen molar-refractivity contribution in [3.63, 3.8) is 0 Å². The second-order valence-electron chi connectivity index (χ2n) is 14.7. The summed E-state index contributed by atoms with van der Waals surface area (Å²) in [5.41, 5.74) is 1.24. The van der Waals surface area contributed by atoms with Gasteiger partial charge in [-0.2, -0.15) is 0 Å². The Labute approximate surface area is 265 Å². The van der Waals surface area contributed by atoms with Crippen LogP contribution in [-0.2, 0) is 23.8 Å². The predicted molar refractivity (Wildman–Crippen MR) is 166 cm³/mol. The highest BCUT2D eigenvalue weighted by Gasteiger charge is 2.62. The van der Waals surface area contributed by atoms with Gasteiger partial charge in [-0.1, -0.05) is 33.1 Å². The molecule has 4 heterocycles. The molecule has 0 unspecified atom stereocenters. The molecular weight excluding hydrogens is 580 g/mol. The summed E-state index contributed by atoms with van der Waals surface area (Å²) < 4.78 is 18.2. The summed E-state index contributed by atoms with van der Waals surface area (Å²) in [6.45, 7) is 10.5. The molecule has 1 N–H and O–H groups in total. The van der Waals surface area contributed by atoms with Crippen LogP contribution in [-0.4, -0.2) is 103 Å². The minimum absolute atomic E-state index is 0.0475. The number of carbonyl (C=O) groups is 3. The van der Waals surface area contributed by atoms with Crippen molar-refractivity contribution in [1.29, 1.82) is 0 Å². The molecule has 11 heteroatoms. The van der Waals surface area contributed by atoms with E-state index in [9.17, 15) is 14.4 Å². The van der Waals surface area contributed by atoms with Crippen molar-refractivity contribution in [3.05, 3.63) is 16.6 Å². The smallest absolute Gasteiger partial charge is 0.265 e. The number of ether oxygens (including phenoxy) is 3. The molecule has 3 saturated heterocycles. The first-order valence-electron chi connectivity index (χ1n) is 16.7. The molecular formula is C33H50N4O6S. The van der Waals surface area contributed by atoms with Crippen molar-refractivity contribution < 1.29 is 28.6 Å². The number of amides is 3. The van der Waals surface area contributed by atoms with Crippen molar-refractivity contribution in [1.82, 2.24) is 20.1 Å². The highest BCUT2D eigenvalue weighted by Crippen LogP contribution is 2.54. The fourth-order valence-corrected chi connectivity index (χ4v) is 8.27. The van der Waals surface area contributed by atoms with E-state index in [2.05, 4.69) is 24.1 Å². The molecule has 3 amide bonds. The van der Waals surface area contributed by atoms with E-state index in [1.807, 2.05) is 11.8 Å². The van der Waals surface area contributed by atoms with Crippen LogP contribution in [0, 0.1) is 28.6 Å². The van der Waals surface area contributed by atoms with Gasteiger partial charge in [0.15, 0.2) is 0 Å². The van der Waals surface area contributed by atoms with Crippen LogP contribution in [0.5, 0.6) is 0 Å². The summed E-state index contributed by atoms with van der Waals surface area (Å²) >= 11 is 1.31. The van der Waals surface area contributed by atoms with Gasteiger partial charge >= 0.3 is 0 Å². The number of nitrogens with zero attached hydrogens (tertiary/aromatic N) is 3. The first-order chi connectivity index (χ1) is 21.1. The summed E-state index contributed by atoms with van der Waals surface area (Å²) in [5, 5.41) is 3.32. The van der Waals surface area contributed by atoms with Gasteiger partial charge in [0.05, 0.1) is 42.5 Å². The molecule has 3 aliphatic heterocycles. The molecule has 6 rings (SSSR count). The number of rotatable bonds is 11. The minimum Gasteiger partial charge on any atom is -0.381 e.